The van der Waals surface area contributed by atoms with Gasteiger partial charge in [0.05, 0.1) is 0 Å². The van der Waals surface area contributed by atoms with Crippen LogP contribution in [0.25, 0.3) is 0 Å². The van der Waals surface area contributed by atoms with E-state index in [0.717, 1.165) is 6.42 Å². The Balaban J connectivity index is 2.62. The molecule has 18 heavy (non-hydrogen) atoms. The molecule has 0 radical (unpaired) electrons. The number of rotatable bonds is 4. The summed E-state index contributed by atoms with van der Waals surface area (Å²) < 4.78 is 4.83. The van der Waals surface area contributed by atoms with Crippen molar-refractivity contribution in [3.8, 4) is 5.88 Å². The maximum Gasteiger partial charge on any atom is 0.414 e. The molecule has 0 aliphatic carbocycles. The lowest BCUT2D eigenvalue weighted by Crippen LogP contribution is -2.38. The van der Waals surface area contributed by atoms with Gasteiger partial charge in [-0.05, 0) is 6.42 Å². The number of amides is 1. The Kier molecular flexibility index (Phi) is 4.93. The Hall–Kier alpha value is -1.80. The molecule has 0 aliphatic heterocycles. The van der Waals surface area contributed by atoms with Gasteiger partial charge < -0.3 is 27.3 Å². The number of nitrogens with one attached hydrogen (secondary N) is 1. The van der Waals surface area contributed by atoms with Crippen molar-refractivity contribution in [2.24, 2.45) is 5.73 Å². The third-order valence-electron chi connectivity index (χ3n) is 2.09. The maximum absolute atomic E-state index is 11.4. The Morgan fingerprint density at radius 2 is 2.11 bits per heavy atom. The minimum Gasteiger partial charge on any atom is -0.387 e. The molecule has 1 heterocycles. The van der Waals surface area contributed by atoms with E-state index in [1.165, 1.54) is 0 Å². The molecule has 0 saturated carbocycles. The van der Waals surface area contributed by atoms with Crippen molar-refractivity contribution in [1.29, 1.82) is 0 Å². The molecule has 8 nitrogen and oxygen atoms in total. The summed E-state index contributed by atoms with van der Waals surface area (Å²) in [6, 6.07) is -0.143. The fourth-order valence-electron chi connectivity index (χ4n) is 0.985. The van der Waals surface area contributed by atoms with E-state index in [-0.39, 0.29) is 35.3 Å². The summed E-state index contributed by atoms with van der Waals surface area (Å²) in [4.78, 5) is 18.8. The van der Waals surface area contributed by atoms with E-state index < -0.39 is 6.09 Å². The van der Waals surface area contributed by atoms with Crippen molar-refractivity contribution < 1.29 is 9.53 Å². The van der Waals surface area contributed by atoms with Crippen molar-refractivity contribution in [3.05, 3.63) is 5.15 Å². The summed E-state index contributed by atoms with van der Waals surface area (Å²) in [7, 11) is 0. The van der Waals surface area contributed by atoms with Crippen molar-refractivity contribution >= 4 is 29.3 Å². The molecule has 0 saturated heterocycles. The molecule has 9 heteroatoms. The molecular weight excluding hydrogens is 260 g/mol. The minimum absolute atomic E-state index is 0.0325. The van der Waals surface area contributed by atoms with Crippen LogP contribution in [0.5, 0.6) is 5.88 Å². The van der Waals surface area contributed by atoms with E-state index in [4.69, 9.17) is 33.5 Å². The van der Waals surface area contributed by atoms with Crippen molar-refractivity contribution in [2.75, 3.05) is 18.0 Å². The van der Waals surface area contributed by atoms with Crippen LogP contribution in [0.2, 0.25) is 5.15 Å². The lowest BCUT2D eigenvalue weighted by Gasteiger charge is -2.11. The number of carbonyl (C=O) groups is 1. The lowest BCUT2D eigenvalue weighted by atomic mass is 10.2. The monoisotopic (exact) mass is 274 g/mol. The van der Waals surface area contributed by atoms with Crippen LogP contribution in [0.4, 0.5) is 16.4 Å². The topological polar surface area (TPSA) is 142 Å². The highest BCUT2D eigenvalue weighted by Crippen LogP contribution is 2.22. The maximum atomic E-state index is 11.4. The molecule has 0 aromatic carbocycles. The molecule has 0 unspecified atom stereocenters. The molecule has 0 bridgehead atoms. The Bertz CT molecular complexity index is 441. The van der Waals surface area contributed by atoms with Gasteiger partial charge in [0.25, 0.3) is 5.88 Å². The normalized spacial score (nSPS) is 11.9. The summed E-state index contributed by atoms with van der Waals surface area (Å²) in [5, 5.41) is 2.37. The van der Waals surface area contributed by atoms with Crippen LogP contribution >= 0.6 is 11.6 Å². The average molecular weight is 275 g/mol. The molecule has 1 aromatic rings. The Morgan fingerprint density at radius 1 is 1.44 bits per heavy atom. The van der Waals surface area contributed by atoms with Crippen LogP contribution in [-0.4, -0.2) is 28.6 Å². The zero-order valence-corrected chi connectivity index (χ0v) is 10.6. The Labute approximate surface area is 109 Å². The number of ether oxygens (including phenoxy) is 1. The average Bonchev–Trinajstić information content (AvgIpc) is 2.33. The highest BCUT2D eigenvalue weighted by molar-refractivity contribution is 6.31. The van der Waals surface area contributed by atoms with Crippen LogP contribution in [0.3, 0.4) is 0 Å². The van der Waals surface area contributed by atoms with Crippen LogP contribution in [0, 0.1) is 0 Å². The SMILES string of the molecule is CC[C@@H](N)CNC(=O)Oc1nc(Cl)c(N)nc1N. The van der Waals surface area contributed by atoms with E-state index in [9.17, 15) is 4.79 Å². The summed E-state index contributed by atoms with van der Waals surface area (Å²) in [5.41, 5.74) is 16.5. The van der Waals surface area contributed by atoms with Crippen molar-refractivity contribution in [3.63, 3.8) is 0 Å². The molecule has 1 amide bonds. The largest absolute Gasteiger partial charge is 0.414 e. The molecule has 0 aliphatic rings. The van der Waals surface area contributed by atoms with Gasteiger partial charge in [0.1, 0.15) is 0 Å². The first-order valence-electron chi connectivity index (χ1n) is 5.23. The Morgan fingerprint density at radius 3 is 2.72 bits per heavy atom. The second-order valence-corrected chi connectivity index (χ2v) is 3.89. The van der Waals surface area contributed by atoms with Gasteiger partial charge in [0.2, 0.25) is 0 Å². The summed E-state index contributed by atoms with van der Waals surface area (Å²) in [6.45, 7) is 2.19. The van der Waals surface area contributed by atoms with E-state index in [2.05, 4.69) is 15.3 Å². The molecule has 7 N–H and O–H groups in total. The number of nitrogen functional groups attached to an aromatic ring is 2. The van der Waals surface area contributed by atoms with Crippen molar-refractivity contribution in [1.82, 2.24) is 15.3 Å². The first kappa shape index (κ1) is 14.3. The smallest absolute Gasteiger partial charge is 0.387 e. The number of carbonyl (C=O) groups excluding carboxylic acids is 1. The van der Waals surface area contributed by atoms with Crippen LogP contribution in [0.1, 0.15) is 13.3 Å². The molecule has 1 atom stereocenters. The molecular formula is C9H15ClN6O2. The van der Waals surface area contributed by atoms with Gasteiger partial charge in [-0.15, -0.1) is 0 Å². The molecule has 100 valence electrons. The summed E-state index contributed by atoms with van der Waals surface area (Å²) >= 11 is 5.63. The number of hydrogen-bond acceptors (Lipinski definition) is 7. The summed E-state index contributed by atoms with van der Waals surface area (Å²) in [6.07, 6.45) is -0.00336. The molecule has 0 fully saturated rings. The quantitative estimate of drug-likeness (QED) is 0.610. The van der Waals surface area contributed by atoms with E-state index in [1.807, 2.05) is 6.92 Å². The molecule has 1 rings (SSSR count). The van der Waals surface area contributed by atoms with Crippen LogP contribution in [-0.2, 0) is 0 Å². The number of nitrogens with two attached hydrogens (primary N) is 3. The van der Waals surface area contributed by atoms with Gasteiger partial charge in [-0.25, -0.2) is 9.78 Å². The summed E-state index contributed by atoms with van der Waals surface area (Å²) in [5.74, 6) is -0.349. The predicted molar refractivity (Wildman–Crippen MR) is 68.2 cm³/mol. The highest BCUT2D eigenvalue weighted by atomic mass is 35.5. The number of aromatic nitrogens is 2. The standard InChI is InChI=1S/C9H15ClN6O2/c1-2-4(11)3-14-9(17)18-8-7(13)16-6(12)5(10)15-8/h4H,2-3,11H2,1H3,(H,14,17)(H4,12,13,16)/t4-/m1/s1. The zero-order valence-electron chi connectivity index (χ0n) is 9.81. The number of nitrogens with zero attached hydrogens (tertiary/aromatic N) is 2. The van der Waals surface area contributed by atoms with Gasteiger partial charge in [-0.1, -0.05) is 18.5 Å². The first-order chi connectivity index (χ1) is 8.43. The molecule has 0 spiro atoms. The van der Waals surface area contributed by atoms with Crippen LogP contribution < -0.4 is 27.3 Å². The molecule has 1 aromatic heterocycles. The first-order valence-corrected chi connectivity index (χ1v) is 5.61. The second kappa shape index (κ2) is 6.22. The third kappa shape index (κ3) is 3.90. The van der Waals surface area contributed by atoms with Gasteiger partial charge in [0.15, 0.2) is 16.8 Å². The zero-order chi connectivity index (χ0) is 13.7. The van der Waals surface area contributed by atoms with Gasteiger partial charge in [-0.3, -0.25) is 0 Å². The lowest BCUT2D eigenvalue weighted by molar-refractivity contribution is 0.198. The van der Waals surface area contributed by atoms with E-state index in [1.54, 1.807) is 0 Å². The number of hydrogen-bond donors (Lipinski definition) is 4. The predicted octanol–water partition coefficient (Wildman–Crippen LogP) is 0.120. The highest BCUT2D eigenvalue weighted by Gasteiger charge is 2.13. The fourth-order valence-corrected chi connectivity index (χ4v) is 1.10. The van der Waals surface area contributed by atoms with Crippen LogP contribution in [0.15, 0.2) is 0 Å². The number of anilines is 2. The third-order valence-corrected chi connectivity index (χ3v) is 2.37. The second-order valence-electron chi connectivity index (χ2n) is 3.53. The van der Waals surface area contributed by atoms with Gasteiger partial charge in [-0.2, -0.15) is 4.98 Å². The number of halogens is 1. The van der Waals surface area contributed by atoms with Gasteiger partial charge >= 0.3 is 6.09 Å². The van der Waals surface area contributed by atoms with E-state index >= 15 is 0 Å². The minimum atomic E-state index is -0.735. The van der Waals surface area contributed by atoms with Gasteiger partial charge in [0, 0.05) is 12.6 Å². The fraction of sp³-hybridized carbons (Fsp3) is 0.444. The van der Waals surface area contributed by atoms with Crippen molar-refractivity contribution in [2.45, 2.75) is 19.4 Å². The van der Waals surface area contributed by atoms with E-state index in [0.29, 0.717) is 0 Å².